The summed E-state index contributed by atoms with van der Waals surface area (Å²) in [6.07, 6.45) is 4.97. The van der Waals surface area contributed by atoms with E-state index >= 15 is 0 Å². The lowest BCUT2D eigenvalue weighted by molar-refractivity contribution is 0.433. The summed E-state index contributed by atoms with van der Waals surface area (Å²) in [7, 11) is 0. The lowest BCUT2D eigenvalue weighted by Gasteiger charge is -2.15. The van der Waals surface area contributed by atoms with E-state index in [0.29, 0.717) is 6.04 Å². The van der Waals surface area contributed by atoms with Gasteiger partial charge in [0.2, 0.25) is 0 Å². The molecule has 1 aromatic heterocycles. The third kappa shape index (κ3) is 3.33. The minimum atomic E-state index is 0.314. The molecule has 1 rings (SSSR count). The van der Waals surface area contributed by atoms with Crippen LogP contribution in [0.4, 0.5) is 0 Å². The van der Waals surface area contributed by atoms with Crippen molar-refractivity contribution in [3.63, 3.8) is 0 Å². The second kappa shape index (κ2) is 6.53. The molecule has 0 amide bonds. The Morgan fingerprint density at radius 3 is 2.93 bits per heavy atom. The highest BCUT2D eigenvalue weighted by Crippen LogP contribution is 2.26. The molecule has 0 saturated carbocycles. The van der Waals surface area contributed by atoms with E-state index in [0.717, 1.165) is 29.0 Å². The highest BCUT2D eigenvalue weighted by atomic mass is 79.9. The van der Waals surface area contributed by atoms with Crippen LogP contribution in [0.3, 0.4) is 0 Å². The Hall–Kier alpha value is 0.0700. The van der Waals surface area contributed by atoms with Gasteiger partial charge in [-0.1, -0.05) is 6.92 Å². The number of hydrogen-bond acceptors (Lipinski definition) is 3. The van der Waals surface area contributed by atoms with Crippen molar-refractivity contribution in [2.75, 3.05) is 18.6 Å². The third-order valence-corrected chi connectivity index (χ3v) is 3.26. The maximum Gasteiger partial charge on any atom is 0.135 e. The topological polar surface area (TPSA) is 25.2 Å². The fourth-order valence-electron chi connectivity index (χ4n) is 1.27. The molecular weight excluding hydrogens is 262 g/mol. The van der Waals surface area contributed by atoms with Gasteiger partial charge in [-0.15, -0.1) is 0 Å². The predicted molar refractivity (Wildman–Crippen MR) is 65.8 cm³/mol. The summed E-state index contributed by atoms with van der Waals surface area (Å²) in [5.74, 6) is 2.04. The van der Waals surface area contributed by atoms with Crippen molar-refractivity contribution in [3.8, 4) is 0 Å². The molecule has 0 aliphatic carbocycles. The van der Waals surface area contributed by atoms with E-state index in [1.807, 2.05) is 17.8 Å². The van der Waals surface area contributed by atoms with Crippen LogP contribution in [0.25, 0.3) is 0 Å². The minimum absolute atomic E-state index is 0.314. The summed E-state index contributed by atoms with van der Waals surface area (Å²) in [6.45, 7) is 3.19. The average Bonchev–Trinajstić information content (AvgIpc) is 2.59. The van der Waals surface area contributed by atoms with Crippen LogP contribution in [0.15, 0.2) is 21.2 Å². The quantitative estimate of drug-likeness (QED) is 0.862. The van der Waals surface area contributed by atoms with Crippen LogP contribution in [-0.2, 0) is 0 Å². The van der Waals surface area contributed by atoms with Crippen molar-refractivity contribution in [2.45, 2.75) is 19.4 Å². The van der Waals surface area contributed by atoms with E-state index in [1.54, 1.807) is 6.26 Å². The summed E-state index contributed by atoms with van der Waals surface area (Å²) in [6, 6.07) is 2.25. The van der Waals surface area contributed by atoms with Crippen LogP contribution in [0.1, 0.15) is 25.1 Å². The standard InChI is InChI=1S/C10H16BrNOS/c1-3-5-12-9(7-14-2)10-8(11)4-6-13-10/h4,6,9,12H,3,5,7H2,1-2H3. The Morgan fingerprint density at radius 2 is 2.43 bits per heavy atom. The van der Waals surface area contributed by atoms with Gasteiger partial charge in [-0.25, -0.2) is 0 Å². The van der Waals surface area contributed by atoms with Gasteiger partial charge in [0.25, 0.3) is 0 Å². The second-order valence-electron chi connectivity index (χ2n) is 3.09. The zero-order chi connectivity index (χ0) is 10.4. The first-order valence-electron chi connectivity index (χ1n) is 4.74. The van der Waals surface area contributed by atoms with E-state index in [9.17, 15) is 0 Å². The molecule has 4 heteroatoms. The normalized spacial score (nSPS) is 13.1. The number of furan rings is 1. The highest BCUT2D eigenvalue weighted by Gasteiger charge is 2.16. The first-order chi connectivity index (χ1) is 6.79. The average molecular weight is 278 g/mol. The van der Waals surface area contributed by atoms with Gasteiger partial charge in [0.1, 0.15) is 5.76 Å². The first-order valence-corrected chi connectivity index (χ1v) is 6.93. The molecule has 0 radical (unpaired) electrons. The SMILES string of the molecule is CCCNC(CSC)c1occc1Br. The van der Waals surface area contributed by atoms with Crippen molar-refractivity contribution in [2.24, 2.45) is 0 Å². The summed E-state index contributed by atoms with van der Waals surface area (Å²) < 4.78 is 6.51. The lowest BCUT2D eigenvalue weighted by atomic mass is 10.2. The molecule has 0 bridgehead atoms. The zero-order valence-corrected chi connectivity index (χ0v) is 11.0. The van der Waals surface area contributed by atoms with Crippen LogP contribution in [0, 0.1) is 0 Å². The van der Waals surface area contributed by atoms with Crippen LogP contribution >= 0.6 is 27.7 Å². The van der Waals surface area contributed by atoms with Gasteiger partial charge in [0, 0.05) is 5.75 Å². The molecule has 80 valence electrons. The molecule has 14 heavy (non-hydrogen) atoms. The molecular formula is C10H16BrNOS. The molecule has 0 aromatic carbocycles. The number of halogens is 1. The van der Waals surface area contributed by atoms with Gasteiger partial charge in [0.05, 0.1) is 16.8 Å². The molecule has 1 atom stereocenters. The van der Waals surface area contributed by atoms with E-state index in [-0.39, 0.29) is 0 Å². The highest BCUT2D eigenvalue weighted by molar-refractivity contribution is 9.10. The fourth-order valence-corrected chi connectivity index (χ4v) is 2.35. The summed E-state index contributed by atoms with van der Waals surface area (Å²) >= 11 is 5.31. The molecule has 1 unspecified atom stereocenters. The Balaban J connectivity index is 2.62. The molecule has 2 nitrogen and oxygen atoms in total. The lowest BCUT2D eigenvalue weighted by Crippen LogP contribution is -2.23. The van der Waals surface area contributed by atoms with Gasteiger partial charge in [-0.3, -0.25) is 0 Å². The predicted octanol–water partition coefficient (Wildman–Crippen LogP) is 3.45. The fraction of sp³-hybridized carbons (Fsp3) is 0.600. The zero-order valence-electron chi connectivity index (χ0n) is 8.55. The van der Waals surface area contributed by atoms with E-state index in [1.165, 1.54) is 0 Å². The maximum atomic E-state index is 5.45. The van der Waals surface area contributed by atoms with Crippen molar-refractivity contribution in [1.82, 2.24) is 5.32 Å². The van der Waals surface area contributed by atoms with Crippen molar-refractivity contribution in [1.29, 1.82) is 0 Å². The first kappa shape index (κ1) is 12.1. The smallest absolute Gasteiger partial charge is 0.135 e. The molecule has 0 fully saturated rings. The Morgan fingerprint density at radius 1 is 1.64 bits per heavy atom. The monoisotopic (exact) mass is 277 g/mol. The molecule has 0 aliphatic rings. The molecule has 0 saturated heterocycles. The summed E-state index contributed by atoms with van der Waals surface area (Å²) in [5, 5.41) is 3.47. The molecule has 1 heterocycles. The van der Waals surface area contributed by atoms with E-state index < -0.39 is 0 Å². The Bertz CT molecular complexity index is 264. The van der Waals surface area contributed by atoms with Crippen LogP contribution < -0.4 is 5.32 Å². The number of hydrogen-bond donors (Lipinski definition) is 1. The van der Waals surface area contributed by atoms with Gasteiger partial charge in [-0.2, -0.15) is 11.8 Å². The summed E-state index contributed by atoms with van der Waals surface area (Å²) in [5.41, 5.74) is 0. The number of rotatable bonds is 6. The van der Waals surface area contributed by atoms with Crippen LogP contribution in [-0.4, -0.2) is 18.6 Å². The third-order valence-electron chi connectivity index (χ3n) is 1.94. The largest absolute Gasteiger partial charge is 0.466 e. The van der Waals surface area contributed by atoms with Gasteiger partial charge in [0.15, 0.2) is 0 Å². The van der Waals surface area contributed by atoms with Gasteiger partial charge < -0.3 is 9.73 Å². The van der Waals surface area contributed by atoms with E-state index in [4.69, 9.17) is 4.42 Å². The van der Waals surface area contributed by atoms with E-state index in [2.05, 4.69) is 34.4 Å². The summed E-state index contributed by atoms with van der Waals surface area (Å²) in [4.78, 5) is 0. The van der Waals surface area contributed by atoms with Gasteiger partial charge >= 0.3 is 0 Å². The van der Waals surface area contributed by atoms with Crippen LogP contribution in [0.2, 0.25) is 0 Å². The number of thioether (sulfide) groups is 1. The number of nitrogens with one attached hydrogen (secondary N) is 1. The molecule has 1 N–H and O–H groups in total. The molecule has 1 aromatic rings. The molecule has 0 spiro atoms. The van der Waals surface area contributed by atoms with Crippen molar-refractivity contribution < 1.29 is 4.42 Å². The molecule has 0 aliphatic heterocycles. The second-order valence-corrected chi connectivity index (χ2v) is 4.86. The van der Waals surface area contributed by atoms with Gasteiger partial charge in [-0.05, 0) is 41.2 Å². The van der Waals surface area contributed by atoms with Crippen molar-refractivity contribution >= 4 is 27.7 Å². The Kier molecular flexibility index (Phi) is 5.67. The Labute approximate surface area is 98.0 Å². The minimum Gasteiger partial charge on any atom is -0.466 e. The van der Waals surface area contributed by atoms with Crippen molar-refractivity contribution in [3.05, 3.63) is 22.6 Å². The maximum absolute atomic E-state index is 5.45. The van der Waals surface area contributed by atoms with Crippen LogP contribution in [0.5, 0.6) is 0 Å².